The van der Waals surface area contributed by atoms with Gasteiger partial charge < -0.3 is 4.74 Å². The molecular weight excluding hydrogens is 347 g/mol. The average Bonchev–Trinajstić information content (AvgIpc) is 3.04. The smallest absolute Gasteiger partial charge is 0.406 e. The zero-order valence-electron chi connectivity index (χ0n) is 13.8. The Labute approximate surface area is 147 Å². The van der Waals surface area contributed by atoms with Gasteiger partial charge in [-0.15, -0.1) is 18.3 Å². The topological polar surface area (TPSA) is 69.2 Å². The van der Waals surface area contributed by atoms with E-state index in [4.69, 9.17) is 5.84 Å². The van der Waals surface area contributed by atoms with Crippen LogP contribution in [0.5, 0.6) is 5.75 Å². The number of hydrazine groups is 1. The van der Waals surface area contributed by atoms with E-state index in [1.807, 2.05) is 24.3 Å². The van der Waals surface area contributed by atoms with Crippen molar-refractivity contribution in [2.75, 3.05) is 7.05 Å². The van der Waals surface area contributed by atoms with Crippen molar-refractivity contribution < 1.29 is 17.9 Å². The van der Waals surface area contributed by atoms with Gasteiger partial charge in [-0.3, -0.25) is 5.84 Å². The molecule has 3 rings (SSSR count). The molecule has 0 aliphatic carbocycles. The minimum atomic E-state index is -4.72. The van der Waals surface area contributed by atoms with Gasteiger partial charge in [0, 0.05) is 19.2 Å². The van der Waals surface area contributed by atoms with E-state index < -0.39 is 6.36 Å². The summed E-state index contributed by atoms with van der Waals surface area (Å²) < 4.78 is 41.9. The lowest BCUT2D eigenvalue weighted by molar-refractivity contribution is -0.274. The Morgan fingerprint density at radius 3 is 2.31 bits per heavy atom. The van der Waals surface area contributed by atoms with Gasteiger partial charge in [0.05, 0.1) is 5.69 Å². The lowest BCUT2D eigenvalue weighted by atomic mass is 10.1. The highest BCUT2D eigenvalue weighted by Gasteiger charge is 2.30. The van der Waals surface area contributed by atoms with E-state index in [2.05, 4.69) is 14.8 Å². The summed E-state index contributed by atoms with van der Waals surface area (Å²) in [5.74, 6) is 5.84. The van der Waals surface area contributed by atoms with Gasteiger partial charge in [-0.25, -0.2) is 14.7 Å². The summed E-state index contributed by atoms with van der Waals surface area (Å²) >= 11 is 0. The first-order valence-electron chi connectivity index (χ1n) is 7.63. The van der Waals surface area contributed by atoms with Crippen LogP contribution in [-0.4, -0.2) is 33.2 Å². The van der Waals surface area contributed by atoms with Gasteiger partial charge in [0.2, 0.25) is 0 Å². The third kappa shape index (κ3) is 4.58. The van der Waals surface area contributed by atoms with Crippen molar-refractivity contribution in [1.29, 1.82) is 0 Å². The molecule has 0 fully saturated rings. The number of benzene rings is 2. The Morgan fingerprint density at radius 2 is 1.73 bits per heavy atom. The number of ether oxygens (including phenoxy) is 1. The average molecular weight is 363 g/mol. The molecule has 6 nitrogen and oxygen atoms in total. The van der Waals surface area contributed by atoms with Crippen LogP contribution in [0.25, 0.3) is 17.1 Å². The maximum atomic E-state index is 12.2. The molecule has 2 N–H and O–H groups in total. The van der Waals surface area contributed by atoms with Crippen LogP contribution in [0.15, 0.2) is 54.9 Å². The van der Waals surface area contributed by atoms with E-state index in [9.17, 15) is 13.2 Å². The summed E-state index contributed by atoms with van der Waals surface area (Å²) in [5, 5.41) is 5.93. The van der Waals surface area contributed by atoms with E-state index in [-0.39, 0.29) is 5.75 Å². The molecule has 1 heterocycles. The fourth-order valence-corrected chi connectivity index (χ4v) is 2.37. The molecule has 9 heteroatoms. The standard InChI is InChI=1S/C17H16F3N5O/c1-24(21)10-12-2-4-13(5-3-12)16-22-11-25(23-16)14-6-8-15(9-7-14)26-17(18,19)20/h2-9,11H,10,21H2,1H3. The highest BCUT2D eigenvalue weighted by atomic mass is 19.4. The van der Waals surface area contributed by atoms with Crippen LogP contribution in [0, 0.1) is 0 Å². The molecule has 0 aliphatic heterocycles. The Kier molecular flexibility index (Phi) is 4.92. The van der Waals surface area contributed by atoms with E-state index in [1.54, 1.807) is 12.1 Å². The van der Waals surface area contributed by atoms with Crippen LogP contribution in [0.4, 0.5) is 13.2 Å². The monoisotopic (exact) mass is 363 g/mol. The maximum absolute atomic E-state index is 12.2. The molecule has 0 radical (unpaired) electrons. The maximum Gasteiger partial charge on any atom is 0.573 e. The molecule has 0 bridgehead atoms. The molecule has 3 aromatic rings. The predicted octanol–water partition coefficient (Wildman–Crippen LogP) is 3.14. The van der Waals surface area contributed by atoms with Crippen molar-refractivity contribution in [2.45, 2.75) is 12.9 Å². The Balaban J connectivity index is 1.75. The van der Waals surface area contributed by atoms with E-state index >= 15 is 0 Å². The fourth-order valence-electron chi connectivity index (χ4n) is 2.37. The number of nitrogens with zero attached hydrogens (tertiary/aromatic N) is 4. The van der Waals surface area contributed by atoms with E-state index in [0.717, 1.165) is 11.1 Å². The van der Waals surface area contributed by atoms with Crippen molar-refractivity contribution in [2.24, 2.45) is 5.84 Å². The highest BCUT2D eigenvalue weighted by molar-refractivity contribution is 5.55. The lowest BCUT2D eigenvalue weighted by Gasteiger charge is -2.09. The molecule has 26 heavy (non-hydrogen) atoms. The van der Waals surface area contributed by atoms with E-state index in [0.29, 0.717) is 18.1 Å². The first kappa shape index (κ1) is 17.9. The first-order chi connectivity index (χ1) is 12.3. The Bertz CT molecular complexity index is 857. The molecule has 1 aromatic heterocycles. The van der Waals surface area contributed by atoms with Gasteiger partial charge in [0.1, 0.15) is 12.1 Å². The number of nitrogens with two attached hydrogens (primary N) is 1. The van der Waals surface area contributed by atoms with Crippen LogP contribution >= 0.6 is 0 Å². The zero-order chi connectivity index (χ0) is 18.7. The van der Waals surface area contributed by atoms with Gasteiger partial charge >= 0.3 is 6.36 Å². The molecule has 0 saturated carbocycles. The van der Waals surface area contributed by atoms with Crippen molar-refractivity contribution >= 4 is 0 Å². The number of hydrogen-bond acceptors (Lipinski definition) is 5. The minimum absolute atomic E-state index is 0.290. The SMILES string of the molecule is CN(N)Cc1ccc(-c2ncn(-c3ccc(OC(F)(F)F)cc3)n2)cc1. The van der Waals surface area contributed by atoms with Crippen LogP contribution in [0.1, 0.15) is 5.56 Å². The molecule has 2 aromatic carbocycles. The summed E-state index contributed by atoms with van der Waals surface area (Å²) in [7, 11) is 1.78. The van der Waals surface area contributed by atoms with Gasteiger partial charge in [-0.05, 0) is 29.8 Å². The molecular formula is C17H16F3N5O. The fraction of sp³-hybridized carbons (Fsp3) is 0.176. The summed E-state index contributed by atoms with van der Waals surface area (Å²) in [6.45, 7) is 0.620. The van der Waals surface area contributed by atoms with Crippen LogP contribution < -0.4 is 10.6 Å². The molecule has 0 atom stereocenters. The van der Waals surface area contributed by atoms with Gasteiger partial charge in [-0.2, -0.15) is 0 Å². The third-order valence-electron chi connectivity index (χ3n) is 3.47. The van der Waals surface area contributed by atoms with Gasteiger partial charge in [0.15, 0.2) is 5.82 Å². The summed E-state index contributed by atoms with van der Waals surface area (Å²) in [6.07, 6.45) is -3.22. The Morgan fingerprint density at radius 1 is 1.08 bits per heavy atom. The second-order valence-corrected chi connectivity index (χ2v) is 5.67. The number of aromatic nitrogens is 3. The van der Waals surface area contributed by atoms with Crippen molar-refractivity contribution in [1.82, 2.24) is 19.8 Å². The van der Waals surface area contributed by atoms with Gasteiger partial charge in [0.25, 0.3) is 0 Å². The summed E-state index contributed by atoms with van der Waals surface area (Å²) in [5.41, 5.74) is 2.45. The summed E-state index contributed by atoms with van der Waals surface area (Å²) in [4.78, 5) is 4.24. The van der Waals surface area contributed by atoms with Crippen LogP contribution in [-0.2, 0) is 6.54 Å². The number of rotatable bonds is 5. The molecule has 0 saturated heterocycles. The molecule has 0 aliphatic rings. The largest absolute Gasteiger partial charge is 0.573 e. The van der Waals surface area contributed by atoms with Crippen molar-refractivity contribution in [3.05, 3.63) is 60.4 Å². The van der Waals surface area contributed by atoms with E-state index in [1.165, 1.54) is 35.3 Å². The second kappa shape index (κ2) is 7.14. The highest BCUT2D eigenvalue weighted by Crippen LogP contribution is 2.24. The van der Waals surface area contributed by atoms with Crippen LogP contribution in [0.3, 0.4) is 0 Å². The Hall–Kier alpha value is -2.91. The van der Waals surface area contributed by atoms with Crippen LogP contribution in [0.2, 0.25) is 0 Å². The molecule has 0 amide bonds. The van der Waals surface area contributed by atoms with Crippen molar-refractivity contribution in [3.63, 3.8) is 0 Å². The first-order valence-corrected chi connectivity index (χ1v) is 7.63. The second-order valence-electron chi connectivity index (χ2n) is 5.67. The number of hydrogen-bond donors (Lipinski definition) is 1. The third-order valence-corrected chi connectivity index (χ3v) is 3.47. The van der Waals surface area contributed by atoms with Crippen molar-refractivity contribution in [3.8, 4) is 22.8 Å². The summed E-state index contributed by atoms with van der Waals surface area (Å²) in [6, 6.07) is 13.0. The normalized spacial score (nSPS) is 11.8. The molecule has 0 spiro atoms. The number of alkyl halides is 3. The number of halogens is 3. The van der Waals surface area contributed by atoms with Gasteiger partial charge in [-0.1, -0.05) is 24.3 Å². The minimum Gasteiger partial charge on any atom is -0.406 e. The lowest BCUT2D eigenvalue weighted by Crippen LogP contribution is -2.24. The zero-order valence-corrected chi connectivity index (χ0v) is 13.8. The molecule has 0 unspecified atom stereocenters. The predicted molar refractivity (Wildman–Crippen MR) is 89.1 cm³/mol. The quantitative estimate of drug-likeness (QED) is 0.557. The molecule has 136 valence electrons.